The number of halogens is 3. The summed E-state index contributed by atoms with van der Waals surface area (Å²) in [5, 5.41) is 4.42. The summed E-state index contributed by atoms with van der Waals surface area (Å²) in [5.41, 5.74) is 5.59. The second-order valence-corrected chi connectivity index (χ2v) is 7.35. The van der Waals surface area contributed by atoms with E-state index >= 15 is 0 Å². The molecule has 0 spiro atoms. The normalized spacial score (nSPS) is 11.9. The summed E-state index contributed by atoms with van der Waals surface area (Å²) in [6.07, 6.45) is -4.59. The van der Waals surface area contributed by atoms with Crippen LogP contribution < -0.4 is 11.1 Å². The first-order valence-corrected chi connectivity index (χ1v) is 9.12. The van der Waals surface area contributed by atoms with Crippen molar-refractivity contribution in [2.24, 2.45) is 0 Å². The molecule has 142 valence electrons. The molecule has 8 heteroatoms. The maximum atomic E-state index is 13.4. The number of nitrogens with zero attached hydrogens (tertiary/aromatic N) is 1. The van der Waals surface area contributed by atoms with Gasteiger partial charge in [-0.2, -0.15) is 13.2 Å². The number of anilines is 2. The Morgan fingerprint density at radius 2 is 1.82 bits per heavy atom. The molecule has 3 N–H and O–H groups in total. The molecule has 2 heterocycles. The summed E-state index contributed by atoms with van der Waals surface area (Å²) in [4.78, 5) is 16.9. The van der Waals surface area contributed by atoms with Crippen molar-refractivity contribution in [3.63, 3.8) is 0 Å². The SMILES string of the molecule is Cc1cc(C(F)(F)F)c2c(N)c(C(=O)Nc3ccc4ccccc4c3)sc2n1. The van der Waals surface area contributed by atoms with E-state index in [1.807, 2.05) is 30.3 Å². The van der Waals surface area contributed by atoms with Gasteiger partial charge in [-0.1, -0.05) is 30.3 Å². The van der Waals surface area contributed by atoms with E-state index in [-0.39, 0.29) is 26.5 Å². The molecule has 0 saturated carbocycles. The van der Waals surface area contributed by atoms with Gasteiger partial charge < -0.3 is 11.1 Å². The maximum Gasteiger partial charge on any atom is 0.417 e. The molecule has 0 fully saturated rings. The van der Waals surface area contributed by atoms with Gasteiger partial charge in [0, 0.05) is 16.8 Å². The van der Waals surface area contributed by atoms with Crippen molar-refractivity contribution in [2.45, 2.75) is 13.1 Å². The molecule has 0 atom stereocenters. The molecule has 4 aromatic rings. The molecule has 4 nitrogen and oxygen atoms in total. The van der Waals surface area contributed by atoms with Crippen molar-refractivity contribution in [2.75, 3.05) is 11.1 Å². The molecule has 0 aliphatic rings. The fourth-order valence-electron chi connectivity index (χ4n) is 3.09. The van der Waals surface area contributed by atoms with E-state index in [0.29, 0.717) is 5.69 Å². The Morgan fingerprint density at radius 3 is 2.54 bits per heavy atom. The number of hydrogen-bond donors (Lipinski definition) is 2. The van der Waals surface area contributed by atoms with Gasteiger partial charge in [0.05, 0.1) is 11.3 Å². The topological polar surface area (TPSA) is 68.0 Å². The minimum atomic E-state index is -4.59. The summed E-state index contributed by atoms with van der Waals surface area (Å²) >= 11 is 0.851. The van der Waals surface area contributed by atoms with Gasteiger partial charge in [0.25, 0.3) is 5.91 Å². The highest BCUT2D eigenvalue weighted by atomic mass is 32.1. The van der Waals surface area contributed by atoms with Gasteiger partial charge >= 0.3 is 6.18 Å². The minimum absolute atomic E-state index is 0.00626. The smallest absolute Gasteiger partial charge is 0.397 e. The van der Waals surface area contributed by atoms with Crippen LogP contribution in [0.1, 0.15) is 20.9 Å². The van der Waals surface area contributed by atoms with Crippen LogP contribution in [0.2, 0.25) is 0 Å². The zero-order chi connectivity index (χ0) is 20.1. The molecule has 4 rings (SSSR count). The number of nitrogen functional groups attached to an aromatic ring is 1. The number of hydrogen-bond acceptors (Lipinski definition) is 4. The standard InChI is InChI=1S/C20H14F3N3OS/c1-10-8-14(20(21,22)23)15-16(24)17(28-19(15)25-10)18(27)26-13-7-6-11-4-2-3-5-12(11)9-13/h2-9H,24H2,1H3,(H,26,27). The lowest BCUT2D eigenvalue weighted by Crippen LogP contribution is -2.12. The van der Waals surface area contributed by atoms with E-state index in [2.05, 4.69) is 10.3 Å². The van der Waals surface area contributed by atoms with Crippen LogP contribution in [0.4, 0.5) is 24.5 Å². The molecule has 1 amide bonds. The van der Waals surface area contributed by atoms with E-state index in [4.69, 9.17) is 5.73 Å². The number of benzene rings is 2. The molecule has 28 heavy (non-hydrogen) atoms. The number of aromatic nitrogens is 1. The van der Waals surface area contributed by atoms with Gasteiger partial charge in [0.2, 0.25) is 0 Å². The van der Waals surface area contributed by atoms with Gasteiger partial charge in [0.1, 0.15) is 9.71 Å². The highest BCUT2D eigenvalue weighted by molar-refractivity contribution is 7.21. The van der Waals surface area contributed by atoms with E-state index in [1.54, 1.807) is 12.1 Å². The summed E-state index contributed by atoms with van der Waals surface area (Å²) in [5.74, 6) is -0.568. The number of aryl methyl sites for hydroxylation is 1. The highest BCUT2D eigenvalue weighted by Gasteiger charge is 2.35. The number of carbonyl (C=O) groups excluding carboxylic acids is 1. The predicted octanol–water partition coefficient (Wildman–Crippen LogP) is 5.61. The molecule has 0 aliphatic carbocycles. The Morgan fingerprint density at radius 1 is 1.11 bits per heavy atom. The third kappa shape index (κ3) is 3.16. The van der Waals surface area contributed by atoms with Crippen LogP contribution in [0, 0.1) is 6.92 Å². The molecule has 0 unspecified atom stereocenters. The fourth-order valence-corrected chi connectivity index (χ4v) is 4.15. The first kappa shape index (κ1) is 18.2. The lowest BCUT2D eigenvalue weighted by Gasteiger charge is -2.09. The number of alkyl halides is 3. The van der Waals surface area contributed by atoms with Gasteiger partial charge in [-0.15, -0.1) is 11.3 Å². The lowest BCUT2D eigenvalue weighted by molar-refractivity contribution is -0.136. The summed E-state index contributed by atoms with van der Waals surface area (Å²) in [6, 6.07) is 13.9. The van der Waals surface area contributed by atoms with Gasteiger partial charge in [-0.05, 0) is 35.9 Å². The van der Waals surface area contributed by atoms with E-state index in [0.717, 1.165) is 28.2 Å². The predicted molar refractivity (Wildman–Crippen MR) is 106 cm³/mol. The van der Waals surface area contributed by atoms with Crippen molar-refractivity contribution in [1.82, 2.24) is 4.98 Å². The molecule has 2 aromatic heterocycles. The summed E-state index contributed by atoms with van der Waals surface area (Å²) < 4.78 is 40.2. The second kappa shape index (κ2) is 6.49. The zero-order valence-electron chi connectivity index (χ0n) is 14.6. The largest absolute Gasteiger partial charge is 0.417 e. The molecule has 0 aliphatic heterocycles. The zero-order valence-corrected chi connectivity index (χ0v) is 15.4. The molecule has 0 radical (unpaired) electrons. The Balaban J connectivity index is 1.75. The van der Waals surface area contributed by atoms with Crippen LogP contribution in [0.3, 0.4) is 0 Å². The van der Waals surface area contributed by atoms with Gasteiger partial charge in [0.15, 0.2) is 0 Å². The number of thiophene rings is 1. The number of carbonyl (C=O) groups is 1. The van der Waals surface area contributed by atoms with E-state index in [9.17, 15) is 18.0 Å². The van der Waals surface area contributed by atoms with E-state index < -0.39 is 17.6 Å². The highest BCUT2D eigenvalue weighted by Crippen LogP contribution is 2.42. The lowest BCUT2D eigenvalue weighted by atomic mass is 10.1. The Kier molecular flexibility index (Phi) is 4.23. The summed E-state index contributed by atoms with van der Waals surface area (Å²) in [7, 11) is 0. The molecule has 0 bridgehead atoms. The Hall–Kier alpha value is -3.13. The number of nitrogens with two attached hydrogens (primary N) is 1. The fraction of sp³-hybridized carbons (Fsp3) is 0.100. The van der Waals surface area contributed by atoms with E-state index in [1.165, 1.54) is 6.92 Å². The maximum absolute atomic E-state index is 13.4. The van der Waals surface area contributed by atoms with Crippen LogP contribution >= 0.6 is 11.3 Å². The summed E-state index contributed by atoms with van der Waals surface area (Å²) in [6.45, 7) is 1.47. The van der Waals surface area contributed by atoms with Crippen LogP contribution in [-0.2, 0) is 6.18 Å². The molecule has 2 aromatic carbocycles. The third-order valence-electron chi connectivity index (χ3n) is 4.35. The number of rotatable bonds is 2. The van der Waals surface area contributed by atoms with Crippen molar-refractivity contribution in [3.05, 3.63) is 64.7 Å². The van der Waals surface area contributed by atoms with Crippen LogP contribution in [0.25, 0.3) is 21.0 Å². The van der Waals surface area contributed by atoms with Crippen LogP contribution in [-0.4, -0.2) is 10.9 Å². The van der Waals surface area contributed by atoms with Crippen molar-refractivity contribution in [1.29, 1.82) is 0 Å². The molecular weight excluding hydrogens is 387 g/mol. The third-order valence-corrected chi connectivity index (χ3v) is 5.44. The van der Waals surface area contributed by atoms with Crippen molar-refractivity contribution < 1.29 is 18.0 Å². The van der Waals surface area contributed by atoms with Crippen LogP contribution in [0.15, 0.2) is 48.5 Å². The average molecular weight is 401 g/mol. The quantitative estimate of drug-likeness (QED) is 0.459. The number of amides is 1. The number of nitrogens with one attached hydrogen (secondary N) is 1. The van der Waals surface area contributed by atoms with Crippen molar-refractivity contribution in [3.8, 4) is 0 Å². The number of fused-ring (bicyclic) bond motifs is 2. The van der Waals surface area contributed by atoms with Crippen LogP contribution in [0.5, 0.6) is 0 Å². The van der Waals surface area contributed by atoms with Gasteiger partial charge in [-0.25, -0.2) is 4.98 Å². The Bertz CT molecular complexity index is 1230. The molecule has 0 saturated heterocycles. The van der Waals surface area contributed by atoms with Gasteiger partial charge in [-0.3, -0.25) is 4.79 Å². The average Bonchev–Trinajstić information content (AvgIpc) is 2.96. The first-order chi connectivity index (χ1) is 13.2. The minimum Gasteiger partial charge on any atom is -0.397 e. The monoisotopic (exact) mass is 401 g/mol. The van der Waals surface area contributed by atoms with Crippen molar-refractivity contribution >= 4 is 49.6 Å². The Labute approximate surface area is 161 Å². The molecular formula is C20H14F3N3OS. The number of pyridine rings is 1. The second-order valence-electron chi connectivity index (χ2n) is 6.35. The first-order valence-electron chi connectivity index (χ1n) is 8.31.